The van der Waals surface area contributed by atoms with Gasteiger partial charge in [0.25, 0.3) is 0 Å². The second-order valence-electron chi connectivity index (χ2n) is 3.27. The molecule has 78 valence electrons. The Morgan fingerprint density at radius 1 is 1.67 bits per heavy atom. The predicted molar refractivity (Wildman–Crippen MR) is 57.7 cm³/mol. The van der Waals surface area contributed by atoms with Crippen molar-refractivity contribution < 1.29 is 4.39 Å². The number of benzene rings is 1. The van der Waals surface area contributed by atoms with Gasteiger partial charge in [0.05, 0.1) is 6.07 Å². The van der Waals surface area contributed by atoms with E-state index in [2.05, 4.69) is 18.0 Å². The van der Waals surface area contributed by atoms with Crippen LogP contribution in [-0.4, -0.2) is 6.54 Å². The first kappa shape index (κ1) is 11.4. The molecule has 0 bridgehead atoms. The molecule has 1 atom stereocenters. The summed E-state index contributed by atoms with van der Waals surface area (Å²) in [6.45, 7) is 5.79. The smallest absolute Gasteiger partial charge is 0.126 e. The highest BCUT2D eigenvalue weighted by molar-refractivity contribution is 5.29. The summed E-state index contributed by atoms with van der Waals surface area (Å²) in [6, 6.07) is 6.38. The van der Waals surface area contributed by atoms with Gasteiger partial charge < -0.3 is 0 Å². The predicted octanol–water partition coefficient (Wildman–Crippen LogP) is 2.47. The van der Waals surface area contributed by atoms with E-state index >= 15 is 0 Å². The van der Waals surface area contributed by atoms with Crippen molar-refractivity contribution in [1.82, 2.24) is 5.32 Å². The summed E-state index contributed by atoms with van der Waals surface area (Å²) in [5, 5.41) is 11.9. The van der Waals surface area contributed by atoms with E-state index in [0.717, 1.165) is 5.56 Å². The molecule has 0 radical (unpaired) electrons. The molecular weight excluding hydrogens is 191 g/mol. The SMILES string of the molecule is C=CCNC(C#N)c1ccc(F)c(C)c1. The lowest BCUT2D eigenvalue weighted by Crippen LogP contribution is -2.19. The minimum absolute atomic E-state index is 0.251. The Morgan fingerprint density at radius 3 is 2.93 bits per heavy atom. The van der Waals surface area contributed by atoms with Gasteiger partial charge >= 0.3 is 0 Å². The molecule has 1 rings (SSSR count). The van der Waals surface area contributed by atoms with Crippen molar-refractivity contribution >= 4 is 0 Å². The Morgan fingerprint density at radius 2 is 2.40 bits per heavy atom. The van der Waals surface area contributed by atoms with E-state index in [1.54, 1.807) is 25.1 Å². The highest BCUT2D eigenvalue weighted by Crippen LogP contribution is 2.15. The summed E-state index contributed by atoms with van der Waals surface area (Å²) in [5.74, 6) is -0.251. The zero-order chi connectivity index (χ0) is 11.3. The van der Waals surface area contributed by atoms with Gasteiger partial charge in [-0.05, 0) is 24.1 Å². The minimum atomic E-state index is -0.415. The van der Waals surface area contributed by atoms with Gasteiger partial charge in [-0.1, -0.05) is 18.2 Å². The van der Waals surface area contributed by atoms with E-state index in [1.807, 2.05) is 0 Å². The van der Waals surface area contributed by atoms with Gasteiger partial charge in [0.2, 0.25) is 0 Å². The van der Waals surface area contributed by atoms with Crippen LogP contribution in [0.5, 0.6) is 0 Å². The lowest BCUT2D eigenvalue weighted by atomic mass is 10.1. The van der Waals surface area contributed by atoms with Gasteiger partial charge in [-0.25, -0.2) is 4.39 Å². The Kier molecular flexibility index (Phi) is 4.02. The Balaban J connectivity index is 2.88. The fourth-order valence-electron chi connectivity index (χ4n) is 1.29. The molecule has 0 heterocycles. The first-order chi connectivity index (χ1) is 7.19. The van der Waals surface area contributed by atoms with Crippen LogP contribution in [0.15, 0.2) is 30.9 Å². The minimum Gasteiger partial charge on any atom is -0.295 e. The molecule has 0 fully saturated rings. The topological polar surface area (TPSA) is 35.8 Å². The summed E-state index contributed by atoms with van der Waals surface area (Å²) in [7, 11) is 0. The third-order valence-corrected chi connectivity index (χ3v) is 2.11. The van der Waals surface area contributed by atoms with E-state index in [-0.39, 0.29) is 5.82 Å². The van der Waals surface area contributed by atoms with E-state index in [4.69, 9.17) is 5.26 Å². The molecule has 0 aromatic heterocycles. The lowest BCUT2D eigenvalue weighted by molar-refractivity contribution is 0.614. The number of aryl methyl sites for hydroxylation is 1. The average Bonchev–Trinajstić information content (AvgIpc) is 2.24. The molecule has 1 aromatic carbocycles. The molecule has 3 heteroatoms. The van der Waals surface area contributed by atoms with Crippen LogP contribution in [0.1, 0.15) is 17.2 Å². The maximum atomic E-state index is 13.0. The maximum absolute atomic E-state index is 13.0. The van der Waals surface area contributed by atoms with Crippen molar-refractivity contribution in [2.24, 2.45) is 0 Å². The van der Waals surface area contributed by atoms with Crippen molar-refractivity contribution in [3.63, 3.8) is 0 Å². The molecule has 0 saturated heterocycles. The van der Waals surface area contributed by atoms with Crippen molar-refractivity contribution in [2.75, 3.05) is 6.54 Å². The van der Waals surface area contributed by atoms with Crippen LogP contribution in [0.4, 0.5) is 4.39 Å². The summed E-state index contributed by atoms with van der Waals surface area (Å²) in [6.07, 6.45) is 1.68. The van der Waals surface area contributed by atoms with Gasteiger partial charge in [0.1, 0.15) is 11.9 Å². The molecule has 15 heavy (non-hydrogen) atoms. The third-order valence-electron chi connectivity index (χ3n) is 2.11. The molecule has 0 saturated carbocycles. The van der Waals surface area contributed by atoms with E-state index in [1.165, 1.54) is 6.07 Å². The monoisotopic (exact) mass is 204 g/mol. The van der Waals surface area contributed by atoms with Crippen LogP contribution in [0.3, 0.4) is 0 Å². The zero-order valence-electron chi connectivity index (χ0n) is 8.63. The second-order valence-corrected chi connectivity index (χ2v) is 3.27. The molecule has 0 spiro atoms. The van der Waals surface area contributed by atoms with Crippen LogP contribution < -0.4 is 5.32 Å². The zero-order valence-corrected chi connectivity index (χ0v) is 8.63. The standard InChI is InChI=1S/C12H13FN2/c1-3-6-15-12(8-14)10-4-5-11(13)9(2)7-10/h3-5,7,12,15H,1,6H2,2H3. The number of hydrogen-bond donors (Lipinski definition) is 1. The van der Waals surface area contributed by atoms with Crippen LogP contribution in [0.2, 0.25) is 0 Å². The van der Waals surface area contributed by atoms with Gasteiger partial charge in [0, 0.05) is 6.54 Å². The first-order valence-electron chi connectivity index (χ1n) is 4.69. The van der Waals surface area contributed by atoms with Gasteiger partial charge in [-0.2, -0.15) is 5.26 Å². The molecule has 1 N–H and O–H groups in total. The third kappa shape index (κ3) is 2.90. The van der Waals surface area contributed by atoms with Crippen molar-refractivity contribution in [3.8, 4) is 6.07 Å². The van der Waals surface area contributed by atoms with E-state index < -0.39 is 6.04 Å². The van der Waals surface area contributed by atoms with E-state index in [9.17, 15) is 4.39 Å². The normalized spacial score (nSPS) is 11.8. The van der Waals surface area contributed by atoms with Gasteiger partial charge in [0.15, 0.2) is 0 Å². The number of halogens is 1. The molecule has 2 nitrogen and oxygen atoms in total. The maximum Gasteiger partial charge on any atom is 0.126 e. The molecular formula is C12H13FN2. The molecule has 0 aliphatic heterocycles. The van der Waals surface area contributed by atoms with Crippen molar-refractivity contribution in [3.05, 3.63) is 47.8 Å². The van der Waals surface area contributed by atoms with Crippen molar-refractivity contribution in [1.29, 1.82) is 5.26 Å². The molecule has 0 amide bonds. The van der Waals surface area contributed by atoms with Gasteiger partial charge in [-0.15, -0.1) is 6.58 Å². The van der Waals surface area contributed by atoms with Crippen LogP contribution in [-0.2, 0) is 0 Å². The highest BCUT2D eigenvalue weighted by atomic mass is 19.1. The number of nitrogens with zero attached hydrogens (tertiary/aromatic N) is 1. The fraction of sp³-hybridized carbons (Fsp3) is 0.250. The molecule has 0 aliphatic carbocycles. The second kappa shape index (κ2) is 5.28. The fourth-order valence-corrected chi connectivity index (χ4v) is 1.29. The Labute approximate surface area is 89.0 Å². The molecule has 1 unspecified atom stereocenters. The van der Waals surface area contributed by atoms with E-state index in [0.29, 0.717) is 12.1 Å². The number of nitrogens with one attached hydrogen (secondary N) is 1. The summed E-state index contributed by atoms with van der Waals surface area (Å²) < 4.78 is 13.0. The largest absolute Gasteiger partial charge is 0.295 e. The summed E-state index contributed by atoms with van der Waals surface area (Å²) in [5.41, 5.74) is 1.33. The Hall–Kier alpha value is -1.66. The molecule has 1 aromatic rings. The average molecular weight is 204 g/mol. The summed E-state index contributed by atoms with van der Waals surface area (Å²) in [4.78, 5) is 0. The summed E-state index contributed by atoms with van der Waals surface area (Å²) >= 11 is 0. The number of rotatable bonds is 4. The van der Waals surface area contributed by atoms with Gasteiger partial charge in [-0.3, -0.25) is 5.32 Å². The lowest BCUT2D eigenvalue weighted by Gasteiger charge is -2.10. The van der Waals surface area contributed by atoms with Crippen LogP contribution >= 0.6 is 0 Å². The molecule has 0 aliphatic rings. The first-order valence-corrected chi connectivity index (χ1v) is 4.69. The Bertz CT molecular complexity index is 393. The number of hydrogen-bond acceptors (Lipinski definition) is 2. The number of nitriles is 1. The van der Waals surface area contributed by atoms with Crippen LogP contribution in [0, 0.1) is 24.1 Å². The highest BCUT2D eigenvalue weighted by Gasteiger charge is 2.09. The quantitative estimate of drug-likeness (QED) is 0.765. The van der Waals surface area contributed by atoms with Crippen molar-refractivity contribution in [2.45, 2.75) is 13.0 Å². The van der Waals surface area contributed by atoms with Crippen LogP contribution in [0.25, 0.3) is 0 Å².